The van der Waals surface area contributed by atoms with Crippen molar-refractivity contribution in [1.82, 2.24) is 19.9 Å². The van der Waals surface area contributed by atoms with Crippen molar-refractivity contribution in [2.75, 3.05) is 6.54 Å². The number of benzene rings is 2. The lowest BCUT2D eigenvalue weighted by Gasteiger charge is -2.23. The number of aromatic amines is 1. The van der Waals surface area contributed by atoms with Crippen molar-refractivity contribution in [3.63, 3.8) is 0 Å². The van der Waals surface area contributed by atoms with Gasteiger partial charge in [-0.05, 0) is 49.2 Å². The zero-order valence-electron chi connectivity index (χ0n) is 13.8. The fourth-order valence-electron chi connectivity index (χ4n) is 3.61. The summed E-state index contributed by atoms with van der Waals surface area (Å²) < 4.78 is 14.4. The van der Waals surface area contributed by atoms with Crippen molar-refractivity contribution < 1.29 is 9.18 Å². The maximum Gasteiger partial charge on any atom is 0.254 e. The van der Waals surface area contributed by atoms with Gasteiger partial charge in [0.05, 0.1) is 32.8 Å². The van der Waals surface area contributed by atoms with E-state index in [4.69, 9.17) is 0 Å². The van der Waals surface area contributed by atoms with Crippen molar-refractivity contribution >= 4 is 38.5 Å². The summed E-state index contributed by atoms with van der Waals surface area (Å²) in [5.41, 5.74) is 4.72. The molecule has 2 aromatic carbocycles. The minimum absolute atomic E-state index is 0.00515. The minimum Gasteiger partial charge on any atom is -0.340 e. The van der Waals surface area contributed by atoms with Crippen LogP contribution in [0.15, 0.2) is 41.9 Å². The summed E-state index contributed by atoms with van der Waals surface area (Å²) in [5, 5.41) is 0. The number of carbonyl (C=O) groups is 1. The molecule has 1 saturated heterocycles. The van der Waals surface area contributed by atoms with Crippen LogP contribution in [-0.4, -0.2) is 32.3 Å². The molecule has 4 aromatic rings. The predicted molar refractivity (Wildman–Crippen MR) is 98.7 cm³/mol. The molecule has 1 aliphatic heterocycles. The molecule has 1 amide bonds. The third-order valence-electron chi connectivity index (χ3n) is 4.87. The number of rotatable bonds is 2. The highest BCUT2D eigenvalue weighted by atomic mass is 32.1. The van der Waals surface area contributed by atoms with E-state index in [2.05, 4.69) is 15.0 Å². The Balaban J connectivity index is 1.49. The molecule has 0 aliphatic carbocycles. The summed E-state index contributed by atoms with van der Waals surface area (Å²) in [6.45, 7) is 0.690. The molecule has 0 saturated carbocycles. The van der Waals surface area contributed by atoms with Gasteiger partial charge in [-0.3, -0.25) is 4.79 Å². The highest BCUT2D eigenvalue weighted by molar-refractivity contribution is 7.16. The van der Waals surface area contributed by atoms with Gasteiger partial charge in [-0.25, -0.2) is 14.4 Å². The SMILES string of the molecule is O=C(c1ccc2ncsc2c1)N1CCCC1c1nc2ccc(F)cc2[nH]1. The van der Waals surface area contributed by atoms with E-state index in [-0.39, 0.29) is 17.8 Å². The van der Waals surface area contributed by atoms with Gasteiger partial charge in [-0.1, -0.05) is 0 Å². The molecule has 1 atom stereocenters. The van der Waals surface area contributed by atoms with E-state index in [1.165, 1.54) is 23.5 Å². The maximum atomic E-state index is 13.4. The molecule has 5 nitrogen and oxygen atoms in total. The van der Waals surface area contributed by atoms with E-state index in [0.29, 0.717) is 23.1 Å². The Hall–Kier alpha value is -2.80. The van der Waals surface area contributed by atoms with Crippen LogP contribution in [0.4, 0.5) is 4.39 Å². The highest BCUT2D eigenvalue weighted by Gasteiger charge is 2.32. The van der Waals surface area contributed by atoms with Crippen LogP contribution in [0.25, 0.3) is 21.3 Å². The standard InChI is InChI=1S/C19H15FN4OS/c20-12-4-6-13-15(9-12)23-18(22-13)16-2-1-7-24(16)19(25)11-3-5-14-17(8-11)26-10-21-14/h3-6,8-10,16H,1-2,7H2,(H,22,23). The first kappa shape index (κ1) is 15.5. The number of amides is 1. The fraction of sp³-hybridized carbons (Fsp3) is 0.211. The average molecular weight is 366 g/mol. The molecule has 7 heteroatoms. The monoisotopic (exact) mass is 366 g/mol. The molecule has 2 aromatic heterocycles. The molecule has 1 aliphatic rings. The summed E-state index contributed by atoms with van der Waals surface area (Å²) in [6.07, 6.45) is 1.77. The van der Waals surface area contributed by atoms with Gasteiger partial charge in [0, 0.05) is 12.1 Å². The van der Waals surface area contributed by atoms with Gasteiger partial charge in [0.1, 0.15) is 11.6 Å². The van der Waals surface area contributed by atoms with E-state index in [9.17, 15) is 9.18 Å². The molecule has 0 spiro atoms. The zero-order valence-corrected chi connectivity index (χ0v) is 14.6. The number of hydrogen-bond acceptors (Lipinski definition) is 4. The normalized spacial score (nSPS) is 17.4. The molecular formula is C19H15FN4OS. The second-order valence-electron chi connectivity index (χ2n) is 6.47. The topological polar surface area (TPSA) is 61.9 Å². The zero-order chi connectivity index (χ0) is 17.7. The molecule has 0 radical (unpaired) electrons. The number of nitrogens with one attached hydrogen (secondary N) is 1. The number of aromatic nitrogens is 3. The number of H-pyrrole nitrogens is 1. The Morgan fingerprint density at radius 3 is 3.04 bits per heavy atom. The Labute approximate surface area is 152 Å². The Kier molecular flexibility index (Phi) is 3.49. The predicted octanol–water partition coefficient (Wildman–Crippen LogP) is 4.29. The summed E-state index contributed by atoms with van der Waals surface area (Å²) >= 11 is 1.53. The first-order chi connectivity index (χ1) is 12.7. The lowest BCUT2D eigenvalue weighted by atomic mass is 10.1. The Morgan fingerprint density at radius 2 is 2.12 bits per heavy atom. The van der Waals surface area contributed by atoms with E-state index in [0.717, 1.165) is 28.9 Å². The molecule has 1 N–H and O–H groups in total. The number of fused-ring (bicyclic) bond motifs is 2. The summed E-state index contributed by atoms with van der Waals surface area (Å²) in [5.74, 6) is 0.412. The minimum atomic E-state index is -0.301. The van der Waals surface area contributed by atoms with Gasteiger partial charge in [-0.2, -0.15) is 0 Å². The summed E-state index contributed by atoms with van der Waals surface area (Å²) in [6, 6.07) is 9.99. The van der Waals surface area contributed by atoms with Gasteiger partial charge < -0.3 is 9.88 Å². The van der Waals surface area contributed by atoms with Gasteiger partial charge in [0.25, 0.3) is 5.91 Å². The number of hydrogen-bond donors (Lipinski definition) is 1. The van der Waals surface area contributed by atoms with Crippen LogP contribution >= 0.6 is 11.3 Å². The Morgan fingerprint density at radius 1 is 1.23 bits per heavy atom. The number of imidazole rings is 1. The molecule has 3 heterocycles. The lowest BCUT2D eigenvalue weighted by molar-refractivity contribution is 0.0731. The molecule has 5 rings (SSSR count). The number of carbonyl (C=O) groups excluding carboxylic acids is 1. The van der Waals surface area contributed by atoms with Crippen LogP contribution in [0.3, 0.4) is 0 Å². The van der Waals surface area contributed by atoms with E-state index in [1.807, 2.05) is 23.1 Å². The van der Waals surface area contributed by atoms with Crippen molar-refractivity contribution in [3.8, 4) is 0 Å². The number of likely N-dealkylation sites (tertiary alicyclic amines) is 1. The molecule has 1 fully saturated rings. The van der Waals surface area contributed by atoms with E-state index in [1.54, 1.807) is 11.6 Å². The highest BCUT2D eigenvalue weighted by Crippen LogP contribution is 2.33. The first-order valence-electron chi connectivity index (χ1n) is 8.48. The largest absolute Gasteiger partial charge is 0.340 e. The summed E-state index contributed by atoms with van der Waals surface area (Å²) in [7, 11) is 0. The number of halogens is 1. The van der Waals surface area contributed by atoms with Crippen molar-refractivity contribution in [2.45, 2.75) is 18.9 Å². The fourth-order valence-corrected chi connectivity index (χ4v) is 4.32. The molecule has 0 bridgehead atoms. The Bertz CT molecular complexity index is 1130. The number of thiazole rings is 1. The quantitative estimate of drug-likeness (QED) is 0.576. The summed E-state index contributed by atoms with van der Waals surface area (Å²) in [4.78, 5) is 27.0. The smallest absolute Gasteiger partial charge is 0.254 e. The van der Waals surface area contributed by atoms with Crippen LogP contribution in [0.1, 0.15) is 35.1 Å². The lowest BCUT2D eigenvalue weighted by Crippen LogP contribution is -2.31. The van der Waals surface area contributed by atoms with Gasteiger partial charge in [0.15, 0.2) is 0 Å². The van der Waals surface area contributed by atoms with Gasteiger partial charge >= 0.3 is 0 Å². The van der Waals surface area contributed by atoms with Crippen LogP contribution in [0.5, 0.6) is 0 Å². The van der Waals surface area contributed by atoms with E-state index < -0.39 is 0 Å². The third kappa shape index (κ3) is 2.47. The van der Waals surface area contributed by atoms with Crippen LogP contribution in [-0.2, 0) is 0 Å². The second kappa shape index (κ2) is 5.88. The van der Waals surface area contributed by atoms with Gasteiger partial charge in [0.2, 0.25) is 0 Å². The molecule has 26 heavy (non-hydrogen) atoms. The number of nitrogens with zero attached hydrogens (tertiary/aromatic N) is 3. The average Bonchev–Trinajstić information content (AvgIpc) is 3.37. The van der Waals surface area contributed by atoms with Crippen LogP contribution in [0, 0.1) is 5.82 Å². The second-order valence-corrected chi connectivity index (χ2v) is 7.36. The molecule has 1 unspecified atom stereocenters. The molecule has 130 valence electrons. The van der Waals surface area contributed by atoms with Crippen molar-refractivity contribution in [2.24, 2.45) is 0 Å². The first-order valence-corrected chi connectivity index (χ1v) is 9.36. The maximum absolute atomic E-state index is 13.4. The van der Waals surface area contributed by atoms with Crippen molar-refractivity contribution in [1.29, 1.82) is 0 Å². The van der Waals surface area contributed by atoms with Crippen LogP contribution in [0.2, 0.25) is 0 Å². The van der Waals surface area contributed by atoms with E-state index >= 15 is 0 Å². The third-order valence-corrected chi connectivity index (χ3v) is 5.66. The van der Waals surface area contributed by atoms with Crippen LogP contribution < -0.4 is 0 Å². The van der Waals surface area contributed by atoms with Gasteiger partial charge in [-0.15, -0.1) is 11.3 Å². The van der Waals surface area contributed by atoms with Crippen molar-refractivity contribution in [3.05, 3.63) is 59.1 Å². The molecular weight excluding hydrogens is 351 g/mol.